The van der Waals surface area contributed by atoms with Crippen LogP contribution in [0.25, 0.3) is 0 Å². The molecule has 0 rings (SSSR count). The van der Waals surface area contributed by atoms with Gasteiger partial charge in [0.1, 0.15) is 18.1 Å². The summed E-state index contributed by atoms with van der Waals surface area (Å²) in [6.07, 6.45) is 0. The zero-order valence-electron chi connectivity index (χ0n) is 11.0. The first-order chi connectivity index (χ1) is 7.93. The maximum absolute atomic E-state index is 9.57. The fourth-order valence-corrected chi connectivity index (χ4v) is 0. The maximum Gasteiger partial charge on any atom is 0.320 e. The topological polar surface area (TPSA) is 190 Å². The summed E-state index contributed by atoms with van der Waals surface area (Å²) in [6, 6.07) is -2.19. The molecule has 9 N–H and O–H groups in total. The first kappa shape index (κ1) is 27.1. The van der Waals surface area contributed by atoms with Crippen LogP contribution in [0.3, 0.4) is 0 Å². The Hall–Kier alpha value is -0.333. The molecule has 0 unspecified atom stereocenters. The van der Waals surface area contributed by atoms with Crippen LogP contribution in [0.2, 0.25) is 0 Å². The molecule has 112 valence electrons. The Morgan fingerprint density at radius 2 is 0.737 bits per heavy atom. The van der Waals surface area contributed by atoms with Crippen molar-refractivity contribution < 1.29 is 71.5 Å². The molecule has 0 radical (unpaired) electrons. The number of carboxylic acids is 3. The second-order valence-corrected chi connectivity index (χ2v) is 3.38. The third-order valence-electron chi connectivity index (χ3n) is 1.17. The first-order valence-electron chi connectivity index (χ1n) is 4.88. The molecule has 0 aromatic heterocycles. The van der Waals surface area contributed by atoms with Crippen LogP contribution in [-0.2, 0) is 14.4 Å². The Kier molecular flexibility index (Phi) is 22.4. The molecule has 0 aromatic carbocycles. The predicted molar refractivity (Wildman–Crippen MR) is 63.9 cm³/mol. The van der Waals surface area contributed by atoms with Crippen LogP contribution in [-0.4, -0.2) is 51.4 Å². The molecular weight excluding hydrogens is 386 g/mol. The summed E-state index contributed by atoms with van der Waals surface area (Å²) in [5, 5.41) is 23.6. The molecule has 0 fully saturated rings. The van der Waals surface area contributed by atoms with Crippen molar-refractivity contribution in [2.75, 3.05) is 0 Å². The van der Waals surface area contributed by atoms with Gasteiger partial charge in [0.2, 0.25) is 0 Å². The summed E-state index contributed by atoms with van der Waals surface area (Å²) in [6.45, 7) is 4.26. The fraction of sp³-hybridized carbons (Fsp3) is 0.667. The summed E-state index contributed by atoms with van der Waals surface area (Å²) < 4.78 is 0. The van der Waals surface area contributed by atoms with Gasteiger partial charge < -0.3 is 32.5 Å². The largest absolute Gasteiger partial charge is 0.480 e. The van der Waals surface area contributed by atoms with Gasteiger partial charge in [-0.3, -0.25) is 14.4 Å². The van der Waals surface area contributed by atoms with E-state index in [1.165, 1.54) is 20.8 Å². The standard InChI is InChI=1S/3C3H7NO2.Ce/c3*1-2(4)3(5)6;/h3*2H,4H2,1H3,(H,5,6);/t3*2-;/m000./s1. The Labute approximate surface area is 144 Å². The molecule has 19 heavy (non-hydrogen) atoms. The van der Waals surface area contributed by atoms with Gasteiger partial charge in [0.25, 0.3) is 0 Å². The van der Waals surface area contributed by atoms with Gasteiger partial charge in [-0.15, -0.1) is 0 Å². The van der Waals surface area contributed by atoms with Gasteiger partial charge in [0.05, 0.1) is 0 Å². The van der Waals surface area contributed by atoms with Gasteiger partial charge in [-0.05, 0) is 20.8 Å². The molecule has 9 nitrogen and oxygen atoms in total. The second-order valence-electron chi connectivity index (χ2n) is 3.38. The monoisotopic (exact) mass is 407 g/mol. The SMILES string of the molecule is C[C@H](N)C(=O)O.C[C@H](N)C(=O)O.C[C@H](N)C(=O)O.[Ce]. The van der Waals surface area contributed by atoms with E-state index >= 15 is 0 Å². The first-order valence-corrected chi connectivity index (χ1v) is 4.88. The van der Waals surface area contributed by atoms with E-state index in [4.69, 9.17) is 32.5 Å². The van der Waals surface area contributed by atoms with Crippen LogP contribution >= 0.6 is 0 Å². The van der Waals surface area contributed by atoms with Crippen LogP contribution in [0, 0.1) is 41.7 Å². The molecule has 3 atom stereocenters. The smallest absolute Gasteiger partial charge is 0.320 e. The Balaban J connectivity index is -0.0000000865. The molecule has 0 aliphatic carbocycles. The fourth-order valence-electron chi connectivity index (χ4n) is 0. The van der Waals surface area contributed by atoms with Crippen LogP contribution in [0.4, 0.5) is 0 Å². The van der Waals surface area contributed by atoms with Crippen LogP contribution in [0.1, 0.15) is 20.8 Å². The molecule has 0 aliphatic heterocycles. The Morgan fingerprint density at radius 3 is 0.737 bits per heavy atom. The number of carbonyl (C=O) groups is 3. The average molecular weight is 407 g/mol. The van der Waals surface area contributed by atoms with Crippen molar-refractivity contribution in [2.24, 2.45) is 17.2 Å². The minimum Gasteiger partial charge on any atom is -0.480 e. The van der Waals surface area contributed by atoms with Gasteiger partial charge in [-0.1, -0.05) is 0 Å². The predicted octanol–water partition coefficient (Wildman–Crippen LogP) is -1.75. The average Bonchev–Trinajstić information content (AvgIpc) is 2.18. The Bertz CT molecular complexity index is 228. The van der Waals surface area contributed by atoms with Crippen molar-refractivity contribution in [3.8, 4) is 0 Å². The number of carboxylic acid groups (broad SMARTS) is 3. The van der Waals surface area contributed by atoms with Crippen molar-refractivity contribution in [3.63, 3.8) is 0 Å². The summed E-state index contributed by atoms with van der Waals surface area (Å²) in [5.74, 6) is -2.89. The molecule has 0 aromatic rings. The number of nitrogens with two attached hydrogens (primary N) is 3. The molecular formula is C9H21CeN3O6. The third-order valence-corrected chi connectivity index (χ3v) is 1.17. The zero-order valence-corrected chi connectivity index (χ0v) is 14.2. The summed E-state index contributed by atoms with van der Waals surface area (Å²) in [5.41, 5.74) is 14.5. The van der Waals surface area contributed by atoms with E-state index in [-0.39, 0.29) is 41.7 Å². The van der Waals surface area contributed by atoms with Crippen molar-refractivity contribution >= 4 is 17.9 Å². The van der Waals surface area contributed by atoms with Gasteiger partial charge in [0, 0.05) is 41.7 Å². The van der Waals surface area contributed by atoms with Crippen molar-refractivity contribution in [3.05, 3.63) is 0 Å². The van der Waals surface area contributed by atoms with E-state index in [2.05, 4.69) is 0 Å². The maximum atomic E-state index is 9.57. The van der Waals surface area contributed by atoms with E-state index in [0.29, 0.717) is 0 Å². The van der Waals surface area contributed by atoms with Gasteiger partial charge in [-0.25, -0.2) is 0 Å². The summed E-state index contributed by atoms with van der Waals surface area (Å²) in [7, 11) is 0. The van der Waals surface area contributed by atoms with Crippen molar-refractivity contribution in [1.82, 2.24) is 0 Å². The zero-order chi connectivity index (χ0) is 15.5. The van der Waals surface area contributed by atoms with Gasteiger partial charge >= 0.3 is 17.9 Å². The van der Waals surface area contributed by atoms with Gasteiger partial charge in [-0.2, -0.15) is 0 Å². The van der Waals surface area contributed by atoms with Crippen LogP contribution in [0.15, 0.2) is 0 Å². The minimum absolute atomic E-state index is 0. The molecule has 0 bridgehead atoms. The van der Waals surface area contributed by atoms with Crippen LogP contribution < -0.4 is 17.2 Å². The van der Waals surface area contributed by atoms with Gasteiger partial charge in [0.15, 0.2) is 0 Å². The molecule has 0 amide bonds. The number of hydrogen-bond acceptors (Lipinski definition) is 6. The normalized spacial score (nSPS) is 12.9. The van der Waals surface area contributed by atoms with E-state index in [1.54, 1.807) is 0 Å². The minimum atomic E-state index is -0.963. The molecule has 0 aliphatic rings. The van der Waals surface area contributed by atoms with Crippen LogP contribution in [0.5, 0.6) is 0 Å². The van der Waals surface area contributed by atoms with E-state index < -0.39 is 36.0 Å². The van der Waals surface area contributed by atoms with E-state index in [9.17, 15) is 14.4 Å². The van der Waals surface area contributed by atoms with E-state index in [1.807, 2.05) is 0 Å². The molecule has 0 saturated carbocycles. The number of aliphatic carboxylic acids is 3. The summed E-state index contributed by atoms with van der Waals surface area (Å²) >= 11 is 0. The van der Waals surface area contributed by atoms with Crippen molar-refractivity contribution in [2.45, 2.75) is 38.9 Å². The third kappa shape index (κ3) is 31.9. The Morgan fingerprint density at radius 1 is 0.684 bits per heavy atom. The molecule has 10 heteroatoms. The number of hydrogen-bond donors (Lipinski definition) is 6. The van der Waals surface area contributed by atoms with Crippen molar-refractivity contribution in [1.29, 1.82) is 0 Å². The second kappa shape index (κ2) is 15.7. The molecule has 0 saturated heterocycles. The van der Waals surface area contributed by atoms with E-state index in [0.717, 1.165) is 0 Å². The quantitative estimate of drug-likeness (QED) is 0.315. The summed E-state index contributed by atoms with van der Waals surface area (Å²) in [4.78, 5) is 28.7. The molecule has 0 spiro atoms. The molecule has 0 heterocycles. The number of rotatable bonds is 3.